The predicted molar refractivity (Wildman–Crippen MR) is 58.6 cm³/mol. The third-order valence-electron chi connectivity index (χ3n) is 2.08. The molecular formula is C12H7F2N3. The molecule has 0 unspecified atom stereocenters. The molecule has 0 aliphatic carbocycles. The Hall–Kier alpha value is -2.48. The first-order chi connectivity index (χ1) is 8.19. The SMILES string of the molecule is N#Cc1ccc(Nc2cccc(F)n2)c(F)c1. The first-order valence-corrected chi connectivity index (χ1v) is 4.78. The van der Waals surface area contributed by atoms with Crippen LogP contribution in [0.25, 0.3) is 0 Å². The van der Waals surface area contributed by atoms with Gasteiger partial charge in [-0.15, -0.1) is 0 Å². The van der Waals surface area contributed by atoms with Gasteiger partial charge in [-0.2, -0.15) is 9.65 Å². The second kappa shape index (κ2) is 4.58. The molecule has 0 aliphatic heterocycles. The maximum Gasteiger partial charge on any atom is 0.214 e. The minimum atomic E-state index is -0.649. The van der Waals surface area contributed by atoms with E-state index in [-0.39, 0.29) is 17.1 Å². The number of nitrogens with one attached hydrogen (secondary N) is 1. The molecule has 1 N–H and O–H groups in total. The van der Waals surface area contributed by atoms with Crippen molar-refractivity contribution in [2.75, 3.05) is 5.32 Å². The molecule has 0 atom stereocenters. The fourth-order valence-corrected chi connectivity index (χ4v) is 1.30. The Morgan fingerprint density at radius 2 is 2.00 bits per heavy atom. The molecule has 0 bridgehead atoms. The molecule has 0 fully saturated rings. The van der Waals surface area contributed by atoms with E-state index in [0.717, 1.165) is 6.07 Å². The minimum Gasteiger partial charge on any atom is -0.338 e. The zero-order valence-electron chi connectivity index (χ0n) is 8.61. The summed E-state index contributed by atoms with van der Waals surface area (Å²) in [5, 5.41) is 11.2. The minimum absolute atomic E-state index is 0.141. The van der Waals surface area contributed by atoms with Crippen LogP contribution in [0.3, 0.4) is 0 Å². The number of halogens is 2. The van der Waals surface area contributed by atoms with Gasteiger partial charge >= 0.3 is 0 Å². The Morgan fingerprint density at radius 1 is 1.18 bits per heavy atom. The lowest BCUT2D eigenvalue weighted by Crippen LogP contribution is -1.97. The van der Waals surface area contributed by atoms with Gasteiger partial charge in [-0.05, 0) is 30.3 Å². The maximum absolute atomic E-state index is 13.5. The lowest BCUT2D eigenvalue weighted by Gasteiger charge is -2.06. The molecule has 0 saturated carbocycles. The van der Waals surface area contributed by atoms with Gasteiger partial charge in [0.2, 0.25) is 5.95 Å². The molecule has 0 aliphatic rings. The summed E-state index contributed by atoms with van der Waals surface area (Å²) in [5.74, 6) is -1.03. The second-order valence-corrected chi connectivity index (χ2v) is 3.28. The highest BCUT2D eigenvalue weighted by Gasteiger charge is 2.04. The number of nitrogens with zero attached hydrogens (tertiary/aromatic N) is 2. The Balaban J connectivity index is 2.28. The van der Waals surface area contributed by atoms with Crippen LogP contribution in [0.5, 0.6) is 0 Å². The maximum atomic E-state index is 13.5. The highest BCUT2D eigenvalue weighted by Crippen LogP contribution is 2.19. The number of hydrogen-bond donors (Lipinski definition) is 1. The molecule has 17 heavy (non-hydrogen) atoms. The third kappa shape index (κ3) is 2.55. The molecule has 0 spiro atoms. The van der Waals surface area contributed by atoms with E-state index in [9.17, 15) is 8.78 Å². The van der Waals surface area contributed by atoms with Gasteiger partial charge < -0.3 is 5.32 Å². The molecular weight excluding hydrogens is 224 g/mol. The van der Waals surface area contributed by atoms with Crippen molar-refractivity contribution >= 4 is 11.5 Å². The quantitative estimate of drug-likeness (QED) is 0.808. The van der Waals surface area contributed by atoms with E-state index >= 15 is 0 Å². The molecule has 3 nitrogen and oxygen atoms in total. The van der Waals surface area contributed by atoms with Crippen LogP contribution < -0.4 is 5.32 Å². The lowest BCUT2D eigenvalue weighted by molar-refractivity contribution is 0.585. The lowest BCUT2D eigenvalue weighted by atomic mass is 10.2. The zero-order valence-corrected chi connectivity index (χ0v) is 8.61. The van der Waals surface area contributed by atoms with Crippen LogP contribution in [-0.2, 0) is 0 Å². The molecule has 2 rings (SSSR count). The van der Waals surface area contributed by atoms with Crippen LogP contribution in [0.4, 0.5) is 20.3 Å². The molecule has 2 aromatic rings. The molecule has 1 aromatic heterocycles. The van der Waals surface area contributed by atoms with Crippen LogP contribution in [0.2, 0.25) is 0 Å². The number of anilines is 2. The first kappa shape index (κ1) is 11.0. The second-order valence-electron chi connectivity index (χ2n) is 3.28. The average Bonchev–Trinajstić information content (AvgIpc) is 2.32. The first-order valence-electron chi connectivity index (χ1n) is 4.78. The Kier molecular flexibility index (Phi) is 2.97. The van der Waals surface area contributed by atoms with Crippen molar-refractivity contribution in [2.45, 2.75) is 0 Å². The number of aromatic nitrogens is 1. The van der Waals surface area contributed by atoms with Crippen molar-refractivity contribution in [2.24, 2.45) is 0 Å². The molecule has 1 aromatic carbocycles. The molecule has 0 amide bonds. The van der Waals surface area contributed by atoms with E-state index < -0.39 is 11.8 Å². The van der Waals surface area contributed by atoms with Gasteiger partial charge in [0.05, 0.1) is 17.3 Å². The van der Waals surface area contributed by atoms with E-state index in [1.807, 2.05) is 6.07 Å². The summed E-state index contributed by atoms with van der Waals surface area (Å²) < 4.78 is 26.3. The number of pyridine rings is 1. The van der Waals surface area contributed by atoms with Crippen molar-refractivity contribution in [3.63, 3.8) is 0 Å². The van der Waals surface area contributed by atoms with Gasteiger partial charge in [0.15, 0.2) is 0 Å². The highest BCUT2D eigenvalue weighted by molar-refractivity contribution is 5.58. The van der Waals surface area contributed by atoms with E-state index in [4.69, 9.17) is 5.26 Å². The summed E-state index contributed by atoms with van der Waals surface area (Å²) in [6, 6.07) is 9.96. The van der Waals surface area contributed by atoms with Crippen molar-refractivity contribution in [3.05, 3.63) is 53.7 Å². The summed E-state index contributed by atoms with van der Waals surface area (Å²) in [4.78, 5) is 3.54. The monoisotopic (exact) mass is 231 g/mol. The number of benzene rings is 1. The Labute approximate surface area is 96.3 Å². The fourth-order valence-electron chi connectivity index (χ4n) is 1.30. The smallest absolute Gasteiger partial charge is 0.214 e. The predicted octanol–water partition coefficient (Wildman–Crippen LogP) is 2.98. The summed E-state index contributed by atoms with van der Waals surface area (Å²) in [6.07, 6.45) is 0. The fraction of sp³-hybridized carbons (Fsp3) is 0. The number of hydrogen-bond acceptors (Lipinski definition) is 3. The van der Waals surface area contributed by atoms with Gasteiger partial charge in [0, 0.05) is 0 Å². The van der Waals surface area contributed by atoms with Gasteiger partial charge in [-0.25, -0.2) is 9.37 Å². The van der Waals surface area contributed by atoms with Crippen LogP contribution in [-0.4, -0.2) is 4.98 Å². The molecule has 5 heteroatoms. The van der Waals surface area contributed by atoms with Gasteiger partial charge in [0.25, 0.3) is 0 Å². The van der Waals surface area contributed by atoms with Crippen LogP contribution in [0.1, 0.15) is 5.56 Å². The largest absolute Gasteiger partial charge is 0.338 e. The number of nitriles is 1. The molecule has 0 radical (unpaired) electrons. The highest BCUT2D eigenvalue weighted by atomic mass is 19.1. The van der Waals surface area contributed by atoms with Crippen molar-refractivity contribution < 1.29 is 8.78 Å². The Bertz CT molecular complexity index is 591. The zero-order chi connectivity index (χ0) is 12.3. The van der Waals surface area contributed by atoms with E-state index in [0.29, 0.717) is 0 Å². The summed E-state index contributed by atoms with van der Waals surface area (Å²) in [7, 11) is 0. The molecule has 1 heterocycles. The molecule has 84 valence electrons. The molecule has 0 saturated heterocycles. The van der Waals surface area contributed by atoms with Crippen molar-refractivity contribution in [3.8, 4) is 6.07 Å². The Morgan fingerprint density at radius 3 is 2.65 bits per heavy atom. The third-order valence-corrected chi connectivity index (χ3v) is 2.08. The topological polar surface area (TPSA) is 48.7 Å². The van der Waals surface area contributed by atoms with Gasteiger partial charge in [-0.3, -0.25) is 0 Å². The van der Waals surface area contributed by atoms with E-state index in [2.05, 4.69) is 10.3 Å². The van der Waals surface area contributed by atoms with Crippen molar-refractivity contribution in [1.82, 2.24) is 4.98 Å². The summed E-state index contributed by atoms with van der Waals surface area (Å²) >= 11 is 0. The van der Waals surface area contributed by atoms with Gasteiger partial charge in [0.1, 0.15) is 11.6 Å². The van der Waals surface area contributed by atoms with E-state index in [1.54, 1.807) is 0 Å². The van der Waals surface area contributed by atoms with Gasteiger partial charge in [-0.1, -0.05) is 6.07 Å². The average molecular weight is 231 g/mol. The normalized spacial score (nSPS) is 9.71. The van der Waals surface area contributed by atoms with Crippen LogP contribution in [0.15, 0.2) is 36.4 Å². The summed E-state index contributed by atoms with van der Waals surface area (Å²) in [5.41, 5.74) is 0.363. The summed E-state index contributed by atoms with van der Waals surface area (Å²) in [6.45, 7) is 0. The standard InChI is InChI=1S/C12H7F2N3/c13-9-6-8(7-15)4-5-10(9)16-12-3-1-2-11(14)17-12/h1-6H,(H,16,17). The van der Waals surface area contributed by atoms with Crippen LogP contribution in [0, 0.1) is 23.1 Å². The van der Waals surface area contributed by atoms with E-state index in [1.165, 1.54) is 30.3 Å². The van der Waals surface area contributed by atoms with Crippen LogP contribution >= 0.6 is 0 Å². The number of rotatable bonds is 2. The van der Waals surface area contributed by atoms with Crippen molar-refractivity contribution in [1.29, 1.82) is 5.26 Å².